The van der Waals surface area contributed by atoms with Gasteiger partial charge in [0.2, 0.25) is 0 Å². The highest BCUT2D eigenvalue weighted by atomic mass is 32.2. The molecule has 0 aliphatic rings. The molecule has 0 saturated heterocycles. The number of aryl methyl sites for hydroxylation is 2. The minimum absolute atomic E-state index is 0.0711. The van der Waals surface area contributed by atoms with E-state index in [9.17, 15) is 4.79 Å². The van der Waals surface area contributed by atoms with Gasteiger partial charge in [-0.3, -0.25) is 9.48 Å². The van der Waals surface area contributed by atoms with Gasteiger partial charge in [0.25, 0.3) is 5.91 Å². The van der Waals surface area contributed by atoms with Crippen LogP contribution in [0.2, 0.25) is 0 Å². The molecule has 0 bridgehead atoms. The predicted octanol–water partition coefficient (Wildman–Crippen LogP) is 4.06. The summed E-state index contributed by atoms with van der Waals surface area (Å²) in [6, 6.07) is 9.91. The number of carbonyl (C=O) groups is 1. The van der Waals surface area contributed by atoms with E-state index in [4.69, 9.17) is 0 Å². The lowest BCUT2D eigenvalue weighted by molar-refractivity contribution is 0.103. The SMILES string of the molecule is CSCc1ccc(NC(=O)c2cc3c(C)nn(C)c3s2)cc1. The third kappa shape index (κ3) is 2.89. The molecule has 22 heavy (non-hydrogen) atoms. The Labute approximate surface area is 137 Å². The van der Waals surface area contributed by atoms with Crippen molar-refractivity contribution in [3.63, 3.8) is 0 Å². The topological polar surface area (TPSA) is 46.9 Å². The Hall–Kier alpha value is -1.79. The molecule has 114 valence electrons. The van der Waals surface area contributed by atoms with Gasteiger partial charge in [-0.15, -0.1) is 11.3 Å². The summed E-state index contributed by atoms with van der Waals surface area (Å²) in [6.45, 7) is 1.96. The summed E-state index contributed by atoms with van der Waals surface area (Å²) in [7, 11) is 1.90. The number of hydrogen-bond acceptors (Lipinski definition) is 4. The molecule has 2 heterocycles. The number of fused-ring (bicyclic) bond motifs is 1. The van der Waals surface area contributed by atoms with Gasteiger partial charge in [-0.2, -0.15) is 16.9 Å². The number of anilines is 1. The summed E-state index contributed by atoms with van der Waals surface area (Å²) in [5.41, 5.74) is 3.03. The van der Waals surface area contributed by atoms with Gasteiger partial charge in [-0.1, -0.05) is 12.1 Å². The van der Waals surface area contributed by atoms with Crippen LogP contribution in [0.25, 0.3) is 10.2 Å². The van der Waals surface area contributed by atoms with E-state index in [1.165, 1.54) is 16.9 Å². The van der Waals surface area contributed by atoms with E-state index in [2.05, 4.69) is 16.7 Å². The zero-order valence-electron chi connectivity index (χ0n) is 12.7. The van der Waals surface area contributed by atoms with Crippen molar-refractivity contribution in [3.05, 3.63) is 46.5 Å². The Bertz CT molecular complexity index is 783. The smallest absolute Gasteiger partial charge is 0.265 e. The summed E-state index contributed by atoms with van der Waals surface area (Å²) in [5.74, 6) is 0.912. The van der Waals surface area contributed by atoms with Crippen LogP contribution in [0.5, 0.6) is 0 Å². The number of thiophene rings is 1. The monoisotopic (exact) mass is 331 g/mol. The normalized spacial score (nSPS) is 11.0. The highest BCUT2D eigenvalue weighted by Gasteiger charge is 2.15. The van der Waals surface area contributed by atoms with Crippen molar-refractivity contribution < 1.29 is 4.79 Å². The molecule has 1 aromatic carbocycles. The minimum Gasteiger partial charge on any atom is -0.321 e. The van der Waals surface area contributed by atoms with Crippen LogP contribution in [0.1, 0.15) is 20.9 Å². The molecule has 0 fully saturated rings. The quantitative estimate of drug-likeness (QED) is 0.784. The molecule has 0 aliphatic heterocycles. The maximum absolute atomic E-state index is 12.4. The number of rotatable bonds is 4. The average molecular weight is 331 g/mol. The number of aromatic nitrogens is 2. The van der Waals surface area contributed by atoms with E-state index in [1.807, 2.05) is 49.0 Å². The van der Waals surface area contributed by atoms with Crippen LogP contribution >= 0.6 is 23.1 Å². The van der Waals surface area contributed by atoms with Gasteiger partial charge in [0.1, 0.15) is 4.83 Å². The first kappa shape index (κ1) is 15.1. The van der Waals surface area contributed by atoms with Crippen LogP contribution in [0.3, 0.4) is 0 Å². The molecule has 4 nitrogen and oxygen atoms in total. The number of hydrogen-bond donors (Lipinski definition) is 1. The molecule has 0 spiro atoms. The first-order valence-electron chi connectivity index (χ1n) is 6.91. The summed E-state index contributed by atoms with van der Waals surface area (Å²) in [4.78, 5) is 14.1. The van der Waals surface area contributed by atoms with Crippen LogP contribution in [0.15, 0.2) is 30.3 Å². The third-order valence-corrected chi connectivity index (χ3v) is 5.27. The summed E-state index contributed by atoms with van der Waals surface area (Å²) >= 11 is 3.25. The van der Waals surface area contributed by atoms with Crippen molar-refractivity contribution in [2.24, 2.45) is 7.05 Å². The number of nitrogens with zero attached hydrogens (tertiary/aromatic N) is 2. The van der Waals surface area contributed by atoms with Gasteiger partial charge in [-0.25, -0.2) is 0 Å². The molecule has 0 atom stereocenters. The standard InChI is InChI=1S/C16H17N3OS2/c1-10-13-8-14(22-16(13)19(2)18-10)15(20)17-12-6-4-11(5-7-12)9-21-3/h4-8H,9H2,1-3H3,(H,17,20). The molecule has 0 aliphatic carbocycles. The summed E-state index contributed by atoms with van der Waals surface area (Å²) < 4.78 is 1.82. The molecular weight excluding hydrogens is 314 g/mol. The van der Waals surface area contributed by atoms with Gasteiger partial charge in [0.05, 0.1) is 10.6 Å². The number of carbonyl (C=O) groups excluding carboxylic acids is 1. The molecule has 1 amide bonds. The minimum atomic E-state index is -0.0711. The Morgan fingerprint density at radius 1 is 1.36 bits per heavy atom. The molecule has 3 aromatic rings. The van der Waals surface area contributed by atoms with Crippen molar-refractivity contribution in [1.29, 1.82) is 0 Å². The molecule has 0 radical (unpaired) electrons. The molecule has 0 saturated carbocycles. The van der Waals surface area contributed by atoms with E-state index in [1.54, 1.807) is 11.8 Å². The second-order valence-electron chi connectivity index (χ2n) is 5.12. The molecule has 6 heteroatoms. The fourth-order valence-electron chi connectivity index (χ4n) is 2.36. The van der Waals surface area contributed by atoms with Crippen LogP contribution in [0.4, 0.5) is 5.69 Å². The number of thioether (sulfide) groups is 1. The highest BCUT2D eigenvalue weighted by molar-refractivity contribution is 7.97. The second kappa shape index (κ2) is 6.14. The summed E-state index contributed by atoms with van der Waals surface area (Å²) in [6.07, 6.45) is 2.08. The van der Waals surface area contributed by atoms with Gasteiger partial charge >= 0.3 is 0 Å². The van der Waals surface area contributed by atoms with E-state index < -0.39 is 0 Å². The highest BCUT2D eigenvalue weighted by Crippen LogP contribution is 2.28. The van der Waals surface area contributed by atoms with Gasteiger partial charge in [-0.05, 0) is 36.9 Å². The zero-order valence-corrected chi connectivity index (χ0v) is 14.3. The lowest BCUT2D eigenvalue weighted by Gasteiger charge is -2.05. The maximum Gasteiger partial charge on any atom is 0.265 e. The van der Waals surface area contributed by atoms with E-state index in [-0.39, 0.29) is 5.91 Å². The van der Waals surface area contributed by atoms with Crippen LogP contribution in [0, 0.1) is 6.92 Å². The van der Waals surface area contributed by atoms with Gasteiger partial charge in [0.15, 0.2) is 0 Å². The van der Waals surface area contributed by atoms with Crippen molar-refractivity contribution in [3.8, 4) is 0 Å². The van der Waals surface area contributed by atoms with E-state index in [0.717, 1.165) is 27.4 Å². The Balaban J connectivity index is 1.79. The fourth-order valence-corrected chi connectivity index (χ4v) is 3.90. The Morgan fingerprint density at radius 3 is 2.73 bits per heavy atom. The van der Waals surface area contributed by atoms with E-state index >= 15 is 0 Å². The lowest BCUT2D eigenvalue weighted by atomic mass is 10.2. The largest absolute Gasteiger partial charge is 0.321 e. The zero-order chi connectivity index (χ0) is 15.7. The molecule has 3 rings (SSSR count). The predicted molar refractivity (Wildman–Crippen MR) is 94.9 cm³/mol. The molecular formula is C16H17N3OS2. The van der Waals surface area contributed by atoms with Crippen LogP contribution < -0.4 is 5.32 Å². The lowest BCUT2D eigenvalue weighted by Crippen LogP contribution is -2.10. The fraction of sp³-hybridized carbons (Fsp3) is 0.250. The van der Waals surface area contributed by atoms with E-state index in [0.29, 0.717) is 4.88 Å². The molecule has 1 N–H and O–H groups in total. The first-order chi connectivity index (χ1) is 10.6. The Kier molecular flexibility index (Phi) is 4.22. The maximum atomic E-state index is 12.4. The number of benzene rings is 1. The van der Waals surface area contributed by atoms with Crippen molar-refractivity contribution in [1.82, 2.24) is 9.78 Å². The second-order valence-corrected chi connectivity index (χ2v) is 7.02. The van der Waals surface area contributed by atoms with Crippen LogP contribution in [-0.2, 0) is 12.8 Å². The number of amides is 1. The Morgan fingerprint density at radius 2 is 2.09 bits per heavy atom. The van der Waals surface area contributed by atoms with Crippen molar-refractivity contribution in [2.75, 3.05) is 11.6 Å². The van der Waals surface area contributed by atoms with Crippen molar-refractivity contribution >= 4 is 44.9 Å². The van der Waals surface area contributed by atoms with Gasteiger partial charge in [0, 0.05) is 23.9 Å². The van der Waals surface area contributed by atoms with Crippen LogP contribution in [-0.4, -0.2) is 21.9 Å². The average Bonchev–Trinajstić information content (AvgIpc) is 3.04. The summed E-state index contributed by atoms with van der Waals surface area (Å²) in [5, 5.41) is 8.36. The van der Waals surface area contributed by atoms with Crippen molar-refractivity contribution in [2.45, 2.75) is 12.7 Å². The number of nitrogens with one attached hydrogen (secondary N) is 1. The van der Waals surface area contributed by atoms with Gasteiger partial charge < -0.3 is 5.32 Å². The first-order valence-corrected chi connectivity index (χ1v) is 9.12. The molecule has 2 aromatic heterocycles. The third-order valence-electron chi connectivity index (χ3n) is 3.44. The molecule has 0 unspecified atom stereocenters.